The van der Waals surface area contributed by atoms with Gasteiger partial charge in [0, 0.05) is 34.8 Å². The number of fused-ring (bicyclic) bond motifs is 1. The largest absolute Gasteiger partial charge is 0.443 e. The normalized spacial score (nSPS) is 20.3. The van der Waals surface area contributed by atoms with Crippen molar-refractivity contribution in [1.82, 2.24) is 4.98 Å². The Bertz CT molecular complexity index is 740. The van der Waals surface area contributed by atoms with Gasteiger partial charge in [-0.15, -0.1) is 0 Å². The summed E-state index contributed by atoms with van der Waals surface area (Å²) in [5.74, 6) is 0.687. The molecule has 0 aromatic carbocycles. The summed E-state index contributed by atoms with van der Waals surface area (Å²) in [7, 11) is -1.81. The standard InChI is InChI=1S/C21H35BrN2O3Si/c1-19(2,3)27-18(25)24-14-21(7,16-12-15(22)13-23-17(16)24)10-11-26-28(8,9)20(4,5)6/h12-13H,10-11,14H2,1-9H3. The van der Waals surface area contributed by atoms with Crippen LogP contribution in [0.25, 0.3) is 0 Å². The minimum absolute atomic E-state index is 0.175. The summed E-state index contributed by atoms with van der Waals surface area (Å²) in [6.45, 7) is 20.3. The van der Waals surface area contributed by atoms with Gasteiger partial charge in [-0.05, 0) is 67.3 Å². The Kier molecular flexibility index (Phi) is 6.44. The van der Waals surface area contributed by atoms with E-state index in [-0.39, 0.29) is 16.5 Å². The van der Waals surface area contributed by atoms with E-state index in [0.29, 0.717) is 19.0 Å². The molecule has 0 fully saturated rings. The average Bonchev–Trinajstić information content (AvgIpc) is 2.77. The van der Waals surface area contributed by atoms with Crippen LogP contribution in [-0.2, 0) is 14.6 Å². The Morgan fingerprint density at radius 2 is 1.89 bits per heavy atom. The molecule has 28 heavy (non-hydrogen) atoms. The van der Waals surface area contributed by atoms with Gasteiger partial charge in [0.1, 0.15) is 11.4 Å². The van der Waals surface area contributed by atoms with E-state index in [1.54, 1.807) is 11.1 Å². The van der Waals surface area contributed by atoms with Gasteiger partial charge in [-0.2, -0.15) is 0 Å². The lowest BCUT2D eigenvalue weighted by atomic mass is 9.82. The van der Waals surface area contributed by atoms with Crippen molar-refractivity contribution in [3.63, 3.8) is 0 Å². The molecule has 1 aromatic heterocycles. The van der Waals surface area contributed by atoms with Gasteiger partial charge in [0.2, 0.25) is 0 Å². The molecule has 2 heterocycles. The lowest BCUT2D eigenvalue weighted by molar-refractivity contribution is 0.0576. The maximum absolute atomic E-state index is 12.8. The molecule has 1 aliphatic rings. The molecular formula is C21H35BrN2O3Si. The highest BCUT2D eigenvalue weighted by Gasteiger charge is 2.44. The molecule has 7 heteroatoms. The summed E-state index contributed by atoms with van der Waals surface area (Å²) < 4.78 is 12.9. The van der Waals surface area contributed by atoms with E-state index in [0.717, 1.165) is 16.5 Å². The van der Waals surface area contributed by atoms with E-state index >= 15 is 0 Å². The fourth-order valence-corrected chi connectivity index (χ4v) is 4.41. The summed E-state index contributed by atoms with van der Waals surface area (Å²) in [5.41, 5.74) is 0.286. The molecule has 158 valence electrons. The summed E-state index contributed by atoms with van der Waals surface area (Å²) in [6.07, 6.45) is 2.20. The molecule has 5 nitrogen and oxygen atoms in total. The number of anilines is 1. The maximum atomic E-state index is 12.8. The van der Waals surface area contributed by atoms with Gasteiger partial charge in [-0.3, -0.25) is 4.90 Å². The molecule has 1 aliphatic heterocycles. The van der Waals surface area contributed by atoms with Gasteiger partial charge in [0.15, 0.2) is 8.32 Å². The first kappa shape index (κ1) is 23.4. The van der Waals surface area contributed by atoms with E-state index in [4.69, 9.17) is 9.16 Å². The van der Waals surface area contributed by atoms with E-state index in [9.17, 15) is 4.79 Å². The van der Waals surface area contributed by atoms with Crippen molar-refractivity contribution in [2.45, 2.75) is 84.0 Å². The highest BCUT2D eigenvalue weighted by Crippen LogP contribution is 2.44. The van der Waals surface area contributed by atoms with Crippen molar-refractivity contribution in [2.75, 3.05) is 18.1 Å². The van der Waals surface area contributed by atoms with Crippen LogP contribution in [0.1, 0.15) is 60.5 Å². The number of amides is 1. The van der Waals surface area contributed by atoms with Crippen LogP contribution in [0.3, 0.4) is 0 Å². The van der Waals surface area contributed by atoms with Crippen molar-refractivity contribution >= 4 is 36.2 Å². The fourth-order valence-electron chi connectivity index (χ4n) is 3.03. The first-order valence-corrected chi connectivity index (χ1v) is 13.6. The molecule has 0 saturated carbocycles. The zero-order valence-electron chi connectivity index (χ0n) is 18.8. The lowest BCUT2D eigenvalue weighted by Gasteiger charge is -2.37. The minimum Gasteiger partial charge on any atom is -0.443 e. The number of carbonyl (C=O) groups is 1. The Balaban J connectivity index is 2.23. The highest BCUT2D eigenvalue weighted by atomic mass is 79.9. The number of rotatable bonds is 4. The van der Waals surface area contributed by atoms with Crippen LogP contribution in [0.5, 0.6) is 0 Å². The highest BCUT2D eigenvalue weighted by molar-refractivity contribution is 9.10. The van der Waals surface area contributed by atoms with Crippen LogP contribution < -0.4 is 4.90 Å². The van der Waals surface area contributed by atoms with Gasteiger partial charge in [0.05, 0.1) is 0 Å². The Hall–Kier alpha value is -0.923. The molecule has 1 aromatic rings. The maximum Gasteiger partial charge on any atom is 0.416 e. The number of ether oxygens (including phenoxy) is 1. The second-order valence-corrected chi connectivity index (χ2v) is 16.2. The van der Waals surface area contributed by atoms with Crippen molar-refractivity contribution in [2.24, 2.45) is 0 Å². The van der Waals surface area contributed by atoms with E-state index in [1.807, 2.05) is 20.8 Å². The van der Waals surface area contributed by atoms with Crippen LogP contribution in [0.4, 0.5) is 10.6 Å². The minimum atomic E-state index is -1.81. The number of carbonyl (C=O) groups excluding carboxylic acids is 1. The third-order valence-corrected chi connectivity index (χ3v) is 10.8. The van der Waals surface area contributed by atoms with Crippen molar-refractivity contribution in [3.8, 4) is 0 Å². The summed E-state index contributed by atoms with van der Waals surface area (Å²) >= 11 is 3.53. The van der Waals surface area contributed by atoms with Gasteiger partial charge in [0.25, 0.3) is 0 Å². The first-order chi connectivity index (χ1) is 12.6. The summed E-state index contributed by atoms with van der Waals surface area (Å²) in [4.78, 5) is 19.0. The van der Waals surface area contributed by atoms with Gasteiger partial charge in [-0.1, -0.05) is 27.7 Å². The van der Waals surface area contributed by atoms with Crippen LogP contribution in [-0.4, -0.2) is 38.1 Å². The molecule has 1 atom stereocenters. The molecule has 0 N–H and O–H groups in total. The van der Waals surface area contributed by atoms with Crippen LogP contribution >= 0.6 is 15.9 Å². The van der Waals surface area contributed by atoms with Crippen molar-refractivity contribution in [1.29, 1.82) is 0 Å². The molecule has 0 aliphatic carbocycles. The smallest absolute Gasteiger partial charge is 0.416 e. The zero-order valence-corrected chi connectivity index (χ0v) is 21.4. The molecule has 2 rings (SSSR count). The zero-order chi connectivity index (χ0) is 21.5. The first-order valence-electron chi connectivity index (χ1n) is 9.86. The Labute approximate surface area is 179 Å². The molecular weight excluding hydrogens is 436 g/mol. The Morgan fingerprint density at radius 1 is 1.29 bits per heavy atom. The van der Waals surface area contributed by atoms with Crippen LogP contribution in [0.2, 0.25) is 18.1 Å². The van der Waals surface area contributed by atoms with E-state index in [1.165, 1.54) is 0 Å². The molecule has 1 unspecified atom stereocenters. The number of hydrogen-bond acceptors (Lipinski definition) is 4. The third-order valence-electron chi connectivity index (χ3n) is 5.78. The topological polar surface area (TPSA) is 51.7 Å². The number of pyridine rings is 1. The van der Waals surface area contributed by atoms with Gasteiger partial charge < -0.3 is 9.16 Å². The van der Waals surface area contributed by atoms with Crippen molar-refractivity contribution in [3.05, 3.63) is 22.3 Å². The predicted octanol–water partition coefficient (Wildman–Crippen LogP) is 6.27. The predicted molar refractivity (Wildman–Crippen MR) is 121 cm³/mol. The summed E-state index contributed by atoms with van der Waals surface area (Å²) in [5, 5.41) is 0.175. The number of halogens is 1. The molecule has 0 saturated heterocycles. The lowest BCUT2D eigenvalue weighted by Crippen LogP contribution is -2.43. The second-order valence-electron chi connectivity index (χ2n) is 10.5. The summed E-state index contributed by atoms with van der Waals surface area (Å²) in [6, 6.07) is 2.07. The average molecular weight is 472 g/mol. The second kappa shape index (κ2) is 7.72. The Morgan fingerprint density at radius 3 is 2.43 bits per heavy atom. The molecule has 0 radical (unpaired) electrons. The number of hydrogen-bond donors (Lipinski definition) is 0. The number of nitrogens with zero attached hydrogens (tertiary/aromatic N) is 2. The molecule has 1 amide bonds. The SMILES string of the molecule is CC(C)(C)OC(=O)N1CC(C)(CCO[Si](C)(C)C(C)(C)C)c2cc(Br)cnc21. The fraction of sp³-hybridized carbons (Fsp3) is 0.714. The quantitative estimate of drug-likeness (QED) is 0.486. The van der Waals surface area contributed by atoms with Crippen molar-refractivity contribution < 1.29 is 14.0 Å². The van der Waals surface area contributed by atoms with E-state index < -0.39 is 13.9 Å². The third kappa shape index (κ3) is 5.16. The molecule has 0 spiro atoms. The monoisotopic (exact) mass is 470 g/mol. The van der Waals surface area contributed by atoms with Gasteiger partial charge in [-0.25, -0.2) is 9.78 Å². The van der Waals surface area contributed by atoms with E-state index in [2.05, 4.69) is 67.8 Å². The molecule has 0 bridgehead atoms. The number of aromatic nitrogens is 1. The van der Waals surface area contributed by atoms with Crippen LogP contribution in [0.15, 0.2) is 16.7 Å². The van der Waals surface area contributed by atoms with Gasteiger partial charge >= 0.3 is 6.09 Å². The van der Waals surface area contributed by atoms with Crippen LogP contribution in [0, 0.1) is 0 Å².